The molecule has 0 heterocycles. The number of nitrogens with zero attached hydrogens (tertiary/aromatic N) is 1. The van der Waals surface area contributed by atoms with E-state index in [4.69, 9.17) is 5.73 Å². The van der Waals surface area contributed by atoms with Crippen molar-refractivity contribution in [1.82, 2.24) is 0 Å². The highest BCUT2D eigenvalue weighted by Gasteiger charge is 2.37. The second-order valence-electron chi connectivity index (χ2n) is 5.42. The van der Waals surface area contributed by atoms with E-state index >= 15 is 0 Å². The monoisotopic (exact) mass is 282 g/mol. The van der Waals surface area contributed by atoms with Crippen molar-refractivity contribution in [1.29, 1.82) is 0 Å². The normalized spacial score (nSPS) is 17.4. The van der Waals surface area contributed by atoms with Crippen molar-refractivity contribution in [3.63, 3.8) is 0 Å². The number of nitrogens with two attached hydrogens (primary N) is 1. The molecule has 1 fully saturated rings. The second-order valence-corrected chi connectivity index (χ2v) is 5.42. The summed E-state index contributed by atoms with van der Waals surface area (Å²) in [5.74, 6) is 0.0489. The number of hydrogen-bond acceptors (Lipinski definition) is 2. The van der Waals surface area contributed by atoms with Crippen LogP contribution in [0.5, 0.6) is 0 Å². The van der Waals surface area contributed by atoms with Crippen LogP contribution in [-0.2, 0) is 4.79 Å². The van der Waals surface area contributed by atoms with Crippen LogP contribution in [0, 0.1) is 6.92 Å². The van der Waals surface area contributed by atoms with Gasteiger partial charge in [-0.15, -0.1) is 12.4 Å². The van der Waals surface area contributed by atoms with Crippen molar-refractivity contribution in [3.8, 4) is 0 Å². The van der Waals surface area contributed by atoms with Crippen LogP contribution in [0.1, 0.15) is 37.7 Å². The van der Waals surface area contributed by atoms with E-state index in [2.05, 4.69) is 0 Å². The van der Waals surface area contributed by atoms with Crippen LogP contribution in [0.4, 0.5) is 5.69 Å². The number of hydrogen-bond donors (Lipinski definition) is 1. The highest BCUT2D eigenvalue weighted by atomic mass is 35.5. The molecule has 106 valence electrons. The molecule has 2 rings (SSSR count). The van der Waals surface area contributed by atoms with Crippen molar-refractivity contribution in [2.75, 3.05) is 11.9 Å². The zero-order chi connectivity index (χ0) is 13.2. The lowest BCUT2D eigenvalue weighted by molar-refractivity contribution is -0.124. The Bertz CT molecular complexity index is 442. The van der Waals surface area contributed by atoms with Gasteiger partial charge >= 0.3 is 0 Å². The molecule has 1 aliphatic carbocycles. The molecule has 19 heavy (non-hydrogen) atoms. The molecule has 3 nitrogen and oxygen atoms in total. The molecule has 4 heteroatoms. The fraction of sp³-hybridized carbons (Fsp3) is 0.533. The predicted molar refractivity (Wildman–Crippen MR) is 81.8 cm³/mol. The van der Waals surface area contributed by atoms with E-state index in [1.165, 1.54) is 6.42 Å². The second kappa shape index (κ2) is 6.40. The van der Waals surface area contributed by atoms with Crippen LogP contribution in [-0.4, -0.2) is 18.5 Å². The van der Waals surface area contributed by atoms with Crippen LogP contribution >= 0.6 is 12.4 Å². The van der Waals surface area contributed by atoms with Gasteiger partial charge < -0.3 is 10.6 Å². The molecule has 1 aliphatic rings. The zero-order valence-corrected chi connectivity index (χ0v) is 12.5. The van der Waals surface area contributed by atoms with Crippen LogP contribution in [0.25, 0.3) is 0 Å². The van der Waals surface area contributed by atoms with Crippen LogP contribution < -0.4 is 10.6 Å². The molecule has 0 radical (unpaired) electrons. The van der Waals surface area contributed by atoms with E-state index in [9.17, 15) is 4.79 Å². The number of benzene rings is 1. The molecule has 0 aliphatic heterocycles. The molecule has 0 spiro atoms. The minimum Gasteiger partial charge on any atom is -0.317 e. The molecule has 1 aromatic rings. The summed E-state index contributed by atoms with van der Waals surface area (Å²) in [6.45, 7) is 2.03. The summed E-state index contributed by atoms with van der Waals surface area (Å²) in [4.78, 5) is 14.2. The maximum Gasteiger partial charge on any atom is 0.246 e. The molecule has 2 N–H and O–H groups in total. The third-order valence-corrected chi connectivity index (χ3v) is 3.87. The van der Waals surface area contributed by atoms with Crippen LogP contribution in [0.15, 0.2) is 24.3 Å². The quantitative estimate of drug-likeness (QED) is 0.906. The lowest BCUT2D eigenvalue weighted by atomic mass is 9.81. The topological polar surface area (TPSA) is 46.3 Å². The van der Waals surface area contributed by atoms with E-state index in [-0.39, 0.29) is 18.3 Å². The lowest BCUT2D eigenvalue weighted by Crippen LogP contribution is -2.55. The molecule has 0 bridgehead atoms. The summed E-state index contributed by atoms with van der Waals surface area (Å²) in [5, 5.41) is 0. The lowest BCUT2D eigenvalue weighted by Gasteiger charge is -2.35. The highest BCUT2D eigenvalue weighted by Crippen LogP contribution is 2.29. The van der Waals surface area contributed by atoms with Gasteiger partial charge in [-0.05, 0) is 37.5 Å². The van der Waals surface area contributed by atoms with Crippen molar-refractivity contribution in [3.05, 3.63) is 29.8 Å². The van der Waals surface area contributed by atoms with Crippen molar-refractivity contribution in [2.24, 2.45) is 5.73 Å². The van der Waals surface area contributed by atoms with Crippen LogP contribution in [0.2, 0.25) is 0 Å². The molecule has 0 atom stereocenters. The minimum atomic E-state index is -0.656. The summed E-state index contributed by atoms with van der Waals surface area (Å²) in [6.07, 6.45) is 4.93. The van der Waals surface area contributed by atoms with Crippen molar-refractivity contribution < 1.29 is 4.79 Å². The van der Waals surface area contributed by atoms with E-state index in [0.717, 1.165) is 36.9 Å². The Morgan fingerprint density at radius 1 is 1.26 bits per heavy atom. The van der Waals surface area contributed by atoms with Gasteiger partial charge in [0.1, 0.15) is 0 Å². The van der Waals surface area contributed by atoms with Gasteiger partial charge in [-0.1, -0.05) is 31.4 Å². The Labute approximate surface area is 121 Å². The van der Waals surface area contributed by atoms with E-state index in [0.29, 0.717) is 0 Å². The Balaban J connectivity index is 0.00000180. The maximum absolute atomic E-state index is 12.5. The highest BCUT2D eigenvalue weighted by molar-refractivity contribution is 5.99. The molecular formula is C15H23ClN2O. The smallest absolute Gasteiger partial charge is 0.246 e. The Morgan fingerprint density at radius 3 is 2.47 bits per heavy atom. The number of anilines is 1. The van der Waals surface area contributed by atoms with Gasteiger partial charge in [-0.2, -0.15) is 0 Å². The van der Waals surface area contributed by atoms with Gasteiger partial charge in [0.2, 0.25) is 5.91 Å². The van der Waals surface area contributed by atoms with Gasteiger partial charge in [0.15, 0.2) is 0 Å². The standard InChI is InChI=1S/C15H22N2O.ClH/c1-12-7-6-8-13(11-12)17(2)14(18)15(16)9-4-3-5-10-15;/h6-8,11H,3-5,9-10,16H2,1-2H3;1H. The maximum atomic E-state index is 12.5. The van der Waals surface area contributed by atoms with Crippen molar-refractivity contribution >= 4 is 24.0 Å². The number of amides is 1. The van der Waals surface area contributed by atoms with Gasteiger partial charge in [-0.25, -0.2) is 0 Å². The summed E-state index contributed by atoms with van der Waals surface area (Å²) in [7, 11) is 1.82. The minimum absolute atomic E-state index is 0. The summed E-state index contributed by atoms with van der Waals surface area (Å²) < 4.78 is 0. The van der Waals surface area contributed by atoms with E-state index in [1.807, 2.05) is 38.2 Å². The first-order valence-electron chi connectivity index (χ1n) is 6.67. The Hall–Kier alpha value is -1.06. The zero-order valence-electron chi connectivity index (χ0n) is 11.7. The molecule has 0 saturated heterocycles. The van der Waals surface area contributed by atoms with Gasteiger partial charge in [0, 0.05) is 12.7 Å². The van der Waals surface area contributed by atoms with E-state index in [1.54, 1.807) is 4.90 Å². The first-order chi connectivity index (χ1) is 8.53. The average Bonchev–Trinajstić information content (AvgIpc) is 2.38. The average molecular weight is 283 g/mol. The molecule has 1 saturated carbocycles. The number of aryl methyl sites for hydroxylation is 1. The molecule has 1 amide bonds. The fourth-order valence-corrected chi connectivity index (χ4v) is 2.68. The van der Waals surface area contributed by atoms with Gasteiger partial charge in [0.05, 0.1) is 5.54 Å². The summed E-state index contributed by atoms with van der Waals surface area (Å²) in [5.41, 5.74) is 7.71. The predicted octanol–water partition coefficient (Wildman–Crippen LogP) is 3.04. The summed E-state index contributed by atoms with van der Waals surface area (Å²) in [6, 6.07) is 7.97. The number of rotatable bonds is 2. The number of carbonyl (C=O) groups excluding carboxylic acids is 1. The first-order valence-corrected chi connectivity index (χ1v) is 6.67. The Kier molecular flexibility index (Phi) is 5.39. The SMILES string of the molecule is Cc1cccc(N(C)C(=O)C2(N)CCCCC2)c1.Cl. The third kappa shape index (κ3) is 3.48. The van der Waals surface area contributed by atoms with Gasteiger partial charge in [0.25, 0.3) is 0 Å². The molecule has 1 aromatic carbocycles. The van der Waals surface area contributed by atoms with E-state index < -0.39 is 5.54 Å². The number of carbonyl (C=O) groups is 1. The summed E-state index contributed by atoms with van der Waals surface area (Å²) >= 11 is 0. The third-order valence-electron chi connectivity index (χ3n) is 3.87. The van der Waals surface area contributed by atoms with Gasteiger partial charge in [-0.3, -0.25) is 4.79 Å². The first kappa shape index (κ1) is 16.0. The number of likely N-dealkylation sites (N-methyl/N-ethyl adjacent to an activating group) is 1. The molecule has 0 unspecified atom stereocenters. The van der Waals surface area contributed by atoms with Crippen LogP contribution in [0.3, 0.4) is 0 Å². The molecule has 0 aromatic heterocycles. The van der Waals surface area contributed by atoms with Crippen molar-refractivity contribution in [2.45, 2.75) is 44.6 Å². The number of halogens is 1. The molecular weight excluding hydrogens is 260 g/mol. The largest absolute Gasteiger partial charge is 0.317 e. The Morgan fingerprint density at radius 2 is 1.89 bits per heavy atom. The fourth-order valence-electron chi connectivity index (χ4n) is 2.68.